The second-order valence-electron chi connectivity index (χ2n) is 7.34. The zero-order valence-corrected chi connectivity index (χ0v) is 17.2. The second kappa shape index (κ2) is 8.66. The van der Waals surface area contributed by atoms with Crippen LogP contribution in [0.3, 0.4) is 0 Å². The van der Waals surface area contributed by atoms with Gasteiger partial charge in [0.25, 0.3) is 5.91 Å². The molecular weight excluding hydrogens is 384 g/mol. The zero-order chi connectivity index (χ0) is 21.1. The van der Waals surface area contributed by atoms with Gasteiger partial charge in [-0.25, -0.2) is 14.5 Å². The van der Waals surface area contributed by atoms with E-state index in [9.17, 15) is 4.79 Å². The van der Waals surface area contributed by atoms with Crippen LogP contribution in [0, 0.1) is 0 Å². The quantitative estimate of drug-likeness (QED) is 0.641. The van der Waals surface area contributed by atoms with Gasteiger partial charge in [-0.3, -0.25) is 4.79 Å². The molecule has 158 valence electrons. The van der Waals surface area contributed by atoms with E-state index in [0.29, 0.717) is 22.7 Å². The van der Waals surface area contributed by atoms with Crippen molar-refractivity contribution in [2.24, 2.45) is 0 Å². The van der Waals surface area contributed by atoms with Gasteiger partial charge in [-0.1, -0.05) is 0 Å². The molecule has 9 nitrogen and oxygen atoms in total. The molecule has 9 heteroatoms. The molecule has 0 aliphatic heterocycles. The number of methoxy groups -OCH3 is 1. The van der Waals surface area contributed by atoms with Gasteiger partial charge in [-0.2, -0.15) is 5.10 Å². The molecule has 4 rings (SSSR count). The summed E-state index contributed by atoms with van der Waals surface area (Å²) in [5.74, 6) is 0.546. The van der Waals surface area contributed by atoms with Gasteiger partial charge < -0.3 is 20.5 Å². The third-order valence-corrected chi connectivity index (χ3v) is 5.48. The van der Waals surface area contributed by atoms with Crippen LogP contribution in [0.5, 0.6) is 5.88 Å². The van der Waals surface area contributed by atoms with Gasteiger partial charge in [-0.05, 0) is 44.7 Å². The van der Waals surface area contributed by atoms with Crippen molar-refractivity contribution >= 4 is 17.2 Å². The molecule has 1 fully saturated rings. The van der Waals surface area contributed by atoms with Crippen molar-refractivity contribution in [3.8, 4) is 17.1 Å². The van der Waals surface area contributed by atoms with E-state index in [1.165, 1.54) is 6.33 Å². The number of pyridine rings is 1. The van der Waals surface area contributed by atoms with E-state index < -0.39 is 0 Å². The van der Waals surface area contributed by atoms with Crippen LogP contribution < -0.4 is 15.8 Å². The molecule has 3 aromatic heterocycles. The van der Waals surface area contributed by atoms with Gasteiger partial charge in [-0.15, -0.1) is 0 Å². The Hall–Kier alpha value is -3.20. The highest BCUT2D eigenvalue weighted by molar-refractivity contribution is 6.05. The van der Waals surface area contributed by atoms with Crippen molar-refractivity contribution in [3.05, 3.63) is 36.3 Å². The molecule has 0 unspecified atom stereocenters. The topological polar surface area (TPSA) is 117 Å². The predicted molar refractivity (Wildman–Crippen MR) is 112 cm³/mol. The summed E-state index contributed by atoms with van der Waals surface area (Å²) in [6.45, 7) is 2.73. The number of nitrogens with zero attached hydrogens (tertiary/aromatic N) is 4. The lowest BCUT2D eigenvalue weighted by molar-refractivity contribution is 0.0300. The van der Waals surface area contributed by atoms with Gasteiger partial charge in [0, 0.05) is 30.5 Å². The molecule has 3 N–H and O–H groups in total. The number of amides is 1. The molecule has 1 saturated carbocycles. The first-order chi connectivity index (χ1) is 14.6. The van der Waals surface area contributed by atoms with Crippen LogP contribution in [-0.2, 0) is 4.74 Å². The monoisotopic (exact) mass is 410 g/mol. The van der Waals surface area contributed by atoms with Gasteiger partial charge in [0.2, 0.25) is 5.88 Å². The molecule has 3 heterocycles. The molecule has 1 aliphatic carbocycles. The lowest BCUT2D eigenvalue weighted by Crippen LogP contribution is -2.39. The number of carbonyl (C=O) groups is 1. The number of hydrogen-bond acceptors (Lipinski definition) is 7. The van der Waals surface area contributed by atoms with Crippen LogP contribution in [0.1, 0.15) is 43.0 Å². The van der Waals surface area contributed by atoms with Crippen molar-refractivity contribution in [2.75, 3.05) is 19.5 Å². The lowest BCUT2D eigenvalue weighted by atomic mass is 9.92. The number of hydrogen-bond donors (Lipinski definition) is 2. The highest BCUT2D eigenvalue weighted by atomic mass is 16.5. The standard InChI is InChI=1S/C21H26N6O3/c1-3-30-15-6-4-14(5-7-15)26-21(28)16-11-17(13-8-9-23-18(10-13)29-2)27-19(16)20(22)24-12-25-27/h8-12,14-15H,3-7H2,1-2H3,(H,26,28)(H2,22,24,25)/t14-,15-. The minimum Gasteiger partial charge on any atom is -0.481 e. The molecule has 0 atom stereocenters. The number of rotatable bonds is 6. The average molecular weight is 410 g/mol. The van der Waals surface area contributed by atoms with E-state index in [1.807, 2.05) is 13.0 Å². The predicted octanol–water partition coefficient (Wildman–Crippen LogP) is 2.46. The number of nitrogen functional groups attached to an aromatic ring is 1. The fraction of sp³-hybridized carbons (Fsp3) is 0.429. The summed E-state index contributed by atoms with van der Waals surface area (Å²) in [5, 5.41) is 7.47. The lowest BCUT2D eigenvalue weighted by Gasteiger charge is -2.28. The summed E-state index contributed by atoms with van der Waals surface area (Å²) >= 11 is 0. The molecule has 0 saturated heterocycles. The number of aromatic nitrogens is 4. The fourth-order valence-electron chi connectivity index (χ4n) is 4.00. The second-order valence-corrected chi connectivity index (χ2v) is 7.34. The maximum absolute atomic E-state index is 13.2. The minimum atomic E-state index is -0.180. The third-order valence-electron chi connectivity index (χ3n) is 5.48. The van der Waals surface area contributed by atoms with Crippen molar-refractivity contribution < 1.29 is 14.3 Å². The summed E-state index contributed by atoms with van der Waals surface area (Å²) in [5.41, 5.74) is 8.59. The summed E-state index contributed by atoms with van der Waals surface area (Å²) < 4.78 is 12.6. The van der Waals surface area contributed by atoms with Crippen LogP contribution in [0.25, 0.3) is 16.8 Å². The molecular formula is C21H26N6O3. The Morgan fingerprint density at radius 1 is 1.27 bits per heavy atom. The van der Waals surface area contributed by atoms with Crippen LogP contribution in [0.4, 0.5) is 5.82 Å². The molecule has 0 radical (unpaired) electrons. The van der Waals surface area contributed by atoms with E-state index in [-0.39, 0.29) is 23.9 Å². The van der Waals surface area contributed by atoms with Crippen LogP contribution >= 0.6 is 0 Å². The Labute approximate surface area is 174 Å². The van der Waals surface area contributed by atoms with Gasteiger partial charge in [0.15, 0.2) is 5.82 Å². The normalized spacial score (nSPS) is 19.0. The Balaban J connectivity index is 1.63. The van der Waals surface area contributed by atoms with Crippen molar-refractivity contribution in [1.29, 1.82) is 0 Å². The van der Waals surface area contributed by atoms with Crippen LogP contribution in [-0.4, -0.2) is 51.4 Å². The number of fused-ring (bicyclic) bond motifs is 1. The maximum atomic E-state index is 13.2. The molecule has 3 aromatic rings. The highest BCUT2D eigenvalue weighted by Crippen LogP contribution is 2.29. The smallest absolute Gasteiger partial charge is 0.253 e. The first-order valence-corrected chi connectivity index (χ1v) is 10.2. The number of nitrogens with one attached hydrogen (secondary N) is 1. The van der Waals surface area contributed by atoms with Gasteiger partial charge in [0.1, 0.15) is 11.8 Å². The number of nitrogens with two attached hydrogens (primary N) is 1. The van der Waals surface area contributed by atoms with Crippen LogP contribution in [0.2, 0.25) is 0 Å². The van der Waals surface area contributed by atoms with Crippen molar-refractivity contribution in [3.63, 3.8) is 0 Å². The summed E-state index contributed by atoms with van der Waals surface area (Å²) in [7, 11) is 1.56. The summed E-state index contributed by atoms with van der Waals surface area (Å²) in [6, 6.07) is 5.52. The van der Waals surface area contributed by atoms with Crippen molar-refractivity contribution in [1.82, 2.24) is 24.9 Å². The molecule has 0 bridgehead atoms. The summed E-state index contributed by atoms with van der Waals surface area (Å²) in [6.07, 6.45) is 6.99. The Bertz CT molecular complexity index is 1040. The SMILES string of the molecule is CCO[C@H]1CC[C@H](NC(=O)c2cc(-c3ccnc(OC)c3)n3ncnc(N)c23)CC1. The fourth-order valence-corrected chi connectivity index (χ4v) is 4.00. The van der Waals surface area contributed by atoms with Crippen molar-refractivity contribution in [2.45, 2.75) is 44.8 Å². The maximum Gasteiger partial charge on any atom is 0.253 e. The first kappa shape index (κ1) is 20.1. The molecule has 0 aromatic carbocycles. The number of ether oxygens (including phenoxy) is 2. The number of carbonyl (C=O) groups excluding carboxylic acids is 1. The minimum absolute atomic E-state index is 0.111. The Morgan fingerprint density at radius 3 is 2.80 bits per heavy atom. The summed E-state index contributed by atoms with van der Waals surface area (Å²) in [4.78, 5) is 21.4. The van der Waals surface area contributed by atoms with Crippen LogP contribution in [0.15, 0.2) is 30.7 Å². The highest BCUT2D eigenvalue weighted by Gasteiger charge is 2.26. The number of anilines is 1. The molecule has 0 spiro atoms. The first-order valence-electron chi connectivity index (χ1n) is 10.2. The van der Waals surface area contributed by atoms with E-state index in [0.717, 1.165) is 37.9 Å². The largest absolute Gasteiger partial charge is 0.481 e. The van der Waals surface area contributed by atoms with E-state index in [1.54, 1.807) is 30.0 Å². The zero-order valence-electron chi connectivity index (χ0n) is 17.2. The molecule has 1 amide bonds. The Morgan fingerprint density at radius 2 is 2.07 bits per heavy atom. The Kier molecular flexibility index (Phi) is 5.80. The van der Waals surface area contributed by atoms with E-state index >= 15 is 0 Å². The van der Waals surface area contributed by atoms with Gasteiger partial charge in [0.05, 0.1) is 24.5 Å². The van der Waals surface area contributed by atoms with E-state index in [4.69, 9.17) is 15.2 Å². The van der Waals surface area contributed by atoms with E-state index in [2.05, 4.69) is 20.4 Å². The molecule has 30 heavy (non-hydrogen) atoms. The third kappa shape index (κ3) is 3.93. The van der Waals surface area contributed by atoms with Gasteiger partial charge >= 0.3 is 0 Å². The average Bonchev–Trinajstić information content (AvgIpc) is 3.17. The molecule has 1 aliphatic rings.